The quantitative estimate of drug-likeness (QED) is 0.743. The Hall–Kier alpha value is -2.16. The molecule has 0 atom stereocenters. The first-order valence-electron chi connectivity index (χ1n) is 5.47. The molecule has 0 amide bonds. The highest BCUT2D eigenvalue weighted by atomic mass is 16.3. The number of hydrogen-bond acceptors (Lipinski definition) is 3. The van der Waals surface area contributed by atoms with Gasteiger partial charge in [-0.25, -0.2) is 0 Å². The molecule has 2 rings (SSSR count). The molecular formula is C14H14O3. The van der Waals surface area contributed by atoms with Gasteiger partial charge in [0.15, 0.2) is 0 Å². The van der Waals surface area contributed by atoms with Gasteiger partial charge in [0.2, 0.25) is 0 Å². The van der Waals surface area contributed by atoms with E-state index < -0.39 is 0 Å². The van der Waals surface area contributed by atoms with Crippen molar-refractivity contribution in [2.75, 3.05) is 0 Å². The van der Waals surface area contributed by atoms with Crippen molar-refractivity contribution in [2.45, 2.75) is 13.3 Å². The van der Waals surface area contributed by atoms with Crippen LogP contribution in [0.2, 0.25) is 0 Å². The second-order valence-corrected chi connectivity index (χ2v) is 3.84. The smallest absolute Gasteiger partial charge is 0.127 e. The van der Waals surface area contributed by atoms with Gasteiger partial charge in [0, 0.05) is 5.56 Å². The van der Waals surface area contributed by atoms with Gasteiger partial charge in [0.05, 0.1) is 5.56 Å². The lowest BCUT2D eigenvalue weighted by Crippen LogP contribution is -1.87. The minimum atomic E-state index is -0.0476. The van der Waals surface area contributed by atoms with Crippen molar-refractivity contribution in [3.05, 3.63) is 42.0 Å². The third-order valence-electron chi connectivity index (χ3n) is 2.79. The molecule has 0 spiro atoms. The molecule has 0 aromatic heterocycles. The number of phenols is 3. The number of para-hydroxylation sites is 1. The van der Waals surface area contributed by atoms with Crippen molar-refractivity contribution >= 4 is 0 Å². The predicted octanol–water partition coefficient (Wildman–Crippen LogP) is 3.03. The first-order chi connectivity index (χ1) is 8.15. The zero-order valence-electron chi connectivity index (χ0n) is 9.51. The molecule has 0 fully saturated rings. The topological polar surface area (TPSA) is 60.7 Å². The molecule has 2 aromatic rings. The number of benzene rings is 2. The van der Waals surface area contributed by atoms with Crippen LogP contribution in [0.3, 0.4) is 0 Å². The molecule has 0 heterocycles. The Morgan fingerprint density at radius 1 is 0.882 bits per heavy atom. The molecule has 0 saturated heterocycles. The van der Waals surface area contributed by atoms with E-state index >= 15 is 0 Å². The Balaban J connectivity index is 2.69. The Morgan fingerprint density at radius 3 is 2.06 bits per heavy atom. The fraction of sp³-hybridized carbons (Fsp3) is 0.143. The third kappa shape index (κ3) is 1.91. The fourth-order valence-electron chi connectivity index (χ4n) is 1.88. The van der Waals surface area contributed by atoms with Crippen LogP contribution in [0.5, 0.6) is 17.2 Å². The summed E-state index contributed by atoms with van der Waals surface area (Å²) in [6.07, 6.45) is 0.689. The molecule has 88 valence electrons. The maximum absolute atomic E-state index is 10.1. The molecule has 0 bridgehead atoms. The van der Waals surface area contributed by atoms with Gasteiger partial charge in [-0.2, -0.15) is 0 Å². The summed E-state index contributed by atoms with van der Waals surface area (Å²) in [5, 5.41) is 29.6. The number of rotatable bonds is 2. The Morgan fingerprint density at radius 2 is 1.47 bits per heavy atom. The second kappa shape index (κ2) is 4.37. The zero-order chi connectivity index (χ0) is 12.4. The lowest BCUT2D eigenvalue weighted by Gasteiger charge is -2.11. The number of phenolic OH excluding ortho intramolecular Hbond substituents is 3. The van der Waals surface area contributed by atoms with Gasteiger partial charge < -0.3 is 15.3 Å². The molecule has 3 heteroatoms. The van der Waals surface area contributed by atoms with Gasteiger partial charge in [-0.1, -0.05) is 31.2 Å². The Labute approximate surface area is 99.6 Å². The summed E-state index contributed by atoms with van der Waals surface area (Å²) in [6.45, 7) is 1.93. The highest BCUT2D eigenvalue weighted by molar-refractivity contribution is 5.81. The Kier molecular flexibility index (Phi) is 2.91. The van der Waals surface area contributed by atoms with E-state index in [0.29, 0.717) is 12.0 Å². The molecule has 3 nitrogen and oxygen atoms in total. The van der Waals surface area contributed by atoms with Gasteiger partial charge in [-0.15, -0.1) is 0 Å². The van der Waals surface area contributed by atoms with Crippen molar-refractivity contribution in [1.82, 2.24) is 0 Å². The van der Waals surface area contributed by atoms with Crippen LogP contribution in [-0.4, -0.2) is 15.3 Å². The lowest BCUT2D eigenvalue weighted by atomic mass is 9.99. The maximum atomic E-state index is 10.1. The number of hydrogen-bond donors (Lipinski definition) is 3. The molecule has 2 aromatic carbocycles. The van der Waals surface area contributed by atoms with E-state index in [1.54, 1.807) is 18.2 Å². The van der Waals surface area contributed by atoms with Crippen molar-refractivity contribution in [3.63, 3.8) is 0 Å². The summed E-state index contributed by atoms with van der Waals surface area (Å²) in [6, 6.07) is 9.79. The summed E-state index contributed by atoms with van der Waals surface area (Å²) in [7, 11) is 0. The van der Waals surface area contributed by atoms with Crippen LogP contribution in [-0.2, 0) is 6.42 Å². The van der Waals surface area contributed by atoms with Crippen LogP contribution >= 0.6 is 0 Å². The molecule has 17 heavy (non-hydrogen) atoms. The van der Waals surface area contributed by atoms with Crippen LogP contribution in [0, 0.1) is 0 Å². The second-order valence-electron chi connectivity index (χ2n) is 3.84. The van der Waals surface area contributed by atoms with Gasteiger partial charge in [-0.05, 0) is 24.1 Å². The first-order valence-corrected chi connectivity index (χ1v) is 5.47. The molecule has 3 N–H and O–H groups in total. The highest BCUT2D eigenvalue weighted by Gasteiger charge is 2.14. The predicted molar refractivity (Wildman–Crippen MR) is 66.3 cm³/mol. The van der Waals surface area contributed by atoms with Crippen molar-refractivity contribution in [3.8, 4) is 28.4 Å². The summed E-state index contributed by atoms with van der Waals surface area (Å²) in [5.74, 6) is 0.00825. The van der Waals surface area contributed by atoms with Crippen molar-refractivity contribution in [1.29, 1.82) is 0 Å². The summed E-state index contributed by atoms with van der Waals surface area (Å²) >= 11 is 0. The molecule has 0 aliphatic heterocycles. The monoisotopic (exact) mass is 230 g/mol. The minimum Gasteiger partial charge on any atom is -0.507 e. The average Bonchev–Trinajstić information content (AvgIpc) is 2.31. The van der Waals surface area contributed by atoms with Crippen molar-refractivity contribution in [2.24, 2.45) is 0 Å². The first kappa shape index (κ1) is 11.3. The van der Waals surface area contributed by atoms with Crippen LogP contribution in [0.15, 0.2) is 36.4 Å². The molecule has 0 aliphatic rings. The highest BCUT2D eigenvalue weighted by Crippen LogP contribution is 2.42. The molecule has 0 unspecified atom stereocenters. The molecule has 0 radical (unpaired) electrons. The number of aryl methyl sites for hydroxylation is 1. The van der Waals surface area contributed by atoms with E-state index in [9.17, 15) is 15.3 Å². The van der Waals surface area contributed by atoms with Crippen LogP contribution < -0.4 is 0 Å². The van der Waals surface area contributed by atoms with E-state index in [4.69, 9.17) is 0 Å². The largest absolute Gasteiger partial charge is 0.507 e. The van der Waals surface area contributed by atoms with Gasteiger partial charge in [0.25, 0.3) is 0 Å². The van der Waals surface area contributed by atoms with E-state index in [0.717, 1.165) is 5.56 Å². The van der Waals surface area contributed by atoms with Crippen LogP contribution in [0.1, 0.15) is 12.5 Å². The van der Waals surface area contributed by atoms with E-state index in [2.05, 4.69) is 0 Å². The third-order valence-corrected chi connectivity index (χ3v) is 2.79. The number of aromatic hydroxyl groups is 3. The maximum Gasteiger partial charge on any atom is 0.127 e. The summed E-state index contributed by atoms with van der Waals surface area (Å²) in [5.41, 5.74) is 1.49. The minimum absolute atomic E-state index is 0.0476. The lowest BCUT2D eigenvalue weighted by molar-refractivity contribution is 0.449. The zero-order valence-corrected chi connectivity index (χ0v) is 9.51. The SMILES string of the molecule is CCc1cccc(-c2c(O)cccc2O)c1O. The van der Waals surface area contributed by atoms with E-state index in [1.165, 1.54) is 12.1 Å². The molecular weight excluding hydrogens is 216 g/mol. The van der Waals surface area contributed by atoms with E-state index in [1.807, 2.05) is 13.0 Å². The Bertz CT molecular complexity index is 527. The van der Waals surface area contributed by atoms with Crippen LogP contribution in [0.4, 0.5) is 0 Å². The van der Waals surface area contributed by atoms with Gasteiger partial charge >= 0.3 is 0 Å². The van der Waals surface area contributed by atoms with Gasteiger partial charge in [-0.3, -0.25) is 0 Å². The van der Waals surface area contributed by atoms with Crippen LogP contribution in [0.25, 0.3) is 11.1 Å². The fourth-order valence-corrected chi connectivity index (χ4v) is 1.88. The molecule has 0 saturated carbocycles. The van der Waals surface area contributed by atoms with Crippen molar-refractivity contribution < 1.29 is 15.3 Å². The molecule has 0 aliphatic carbocycles. The summed E-state index contributed by atoms with van der Waals surface area (Å²) < 4.78 is 0. The average molecular weight is 230 g/mol. The normalized spacial score (nSPS) is 10.4. The van der Waals surface area contributed by atoms with E-state index in [-0.39, 0.29) is 22.8 Å². The standard InChI is InChI=1S/C14H14O3/c1-2-9-5-3-6-10(14(9)17)13-11(15)7-4-8-12(13)16/h3-8,15-17H,2H2,1H3. The van der Waals surface area contributed by atoms with Gasteiger partial charge in [0.1, 0.15) is 17.2 Å². The summed E-state index contributed by atoms with van der Waals surface area (Å²) in [4.78, 5) is 0.